The summed E-state index contributed by atoms with van der Waals surface area (Å²) < 4.78 is 0. The number of urea groups is 1. The molecular weight excluding hydrogens is 256 g/mol. The minimum atomic E-state index is -0.858. The Balaban J connectivity index is 4.44. The highest BCUT2D eigenvalue weighted by Gasteiger charge is 2.23. The van der Waals surface area contributed by atoms with Crippen LogP contribution < -0.4 is 5.32 Å². The highest BCUT2D eigenvalue weighted by molar-refractivity contribution is 5.76. The number of carbonyl (C=O) groups excluding carboxylic acids is 1. The molecule has 0 spiro atoms. The third-order valence-electron chi connectivity index (χ3n) is 3.90. The molecule has 0 rings (SSSR count). The molecule has 1 unspecified atom stereocenters. The number of carboxylic acids is 1. The van der Waals surface area contributed by atoms with Crippen LogP contribution in [-0.2, 0) is 4.79 Å². The van der Waals surface area contributed by atoms with Crippen LogP contribution in [0.1, 0.15) is 47.5 Å². The zero-order chi connectivity index (χ0) is 15.7. The summed E-state index contributed by atoms with van der Waals surface area (Å²) in [6, 6.07) is -0.161. The molecule has 0 fully saturated rings. The van der Waals surface area contributed by atoms with E-state index in [1.165, 1.54) is 0 Å². The summed E-state index contributed by atoms with van der Waals surface area (Å²) in [5, 5.41) is 11.9. The minimum Gasteiger partial charge on any atom is -0.481 e. The van der Waals surface area contributed by atoms with Crippen LogP contribution in [0.2, 0.25) is 0 Å². The van der Waals surface area contributed by atoms with Crippen LogP contribution in [0.4, 0.5) is 4.79 Å². The van der Waals surface area contributed by atoms with Crippen molar-refractivity contribution in [2.24, 2.45) is 17.8 Å². The minimum absolute atomic E-state index is 0.00177. The maximum absolute atomic E-state index is 12.1. The summed E-state index contributed by atoms with van der Waals surface area (Å²) in [6.07, 6.45) is 2.09. The first-order valence-corrected chi connectivity index (χ1v) is 7.62. The third-order valence-corrected chi connectivity index (χ3v) is 3.90. The predicted molar refractivity (Wildman–Crippen MR) is 80.7 cm³/mol. The smallest absolute Gasteiger partial charge is 0.317 e. The highest BCUT2D eigenvalue weighted by Crippen LogP contribution is 2.12. The third kappa shape index (κ3) is 6.26. The number of nitrogens with one attached hydrogen (secondary N) is 1. The summed E-state index contributed by atoms with van der Waals surface area (Å²) in [7, 11) is 0. The molecule has 0 saturated heterocycles. The number of carbonyl (C=O) groups is 2. The van der Waals surface area contributed by atoms with E-state index in [2.05, 4.69) is 19.2 Å². The van der Waals surface area contributed by atoms with E-state index in [1.807, 2.05) is 20.8 Å². The maximum Gasteiger partial charge on any atom is 0.317 e. The predicted octanol–water partition coefficient (Wildman–Crippen LogP) is 2.81. The van der Waals surface area contributed by atoms with E-state index < -0.39 is 11.9 Å². The van der Waals surface area contributed by atoms with Crippen LogP contribution >= 0.6 is 0 Å². The Morgan fingerprint density at radius 3 is 2.05 bits per heavy atom. The molecule has 0 aliphatic rings. The quantitative estimate of drug-likeness (QED) is 0.684. The summed E-state index contributed by atoms with van der Waals surface area (Å²) >= 11 is 0. The fraction of sp³-hybridized carbons (Fsp3) is 0.867. The fourth-order valence-corrected chi connectivity index (χ4v) is 2.13. The molecule has 2 N–H and O–H groups in total. The van der Waals surface area contributed by atoms with Gasteiger partial charge in [0.2, 0.25) is 0 Å². The van der Waals surface area contributed by atoms with E-state index in [-0.39, 0.29) is 18.5 Å². The number of carboxylic acid groups (broad SMARTS) is 1. The Morgan fingerprint density at radius 2 is 1.70 bits per heavy atom. The Kier molecular flexibility index (Phi) is 9.01. The molecule has 0 radical (unpaired) electrons. The van der Waals surface area contributed by atoms with Gasteiger partial charge in [0.1, 0.15) is 0 Å². The van der Waals surface area contributed by atoms with E-state index in [1.54, 1.807) is 4.90 Å². The molecule has 0 heterocycles. The van der Waals surface area contributed by atoms with Crippen molar-refractivity contribution in [3.05, 3.63) is 0 Å². The lowest BCUT2D eigenvalue weighted by atomic mass is 9.96. The molecule has 0 aromatic carbocycles. The van der Waals surface area contributed by atoms with Crippen molar-refractivity contribution in [3.63, 3.8) is 0 Å². The molecular formula is C15H30N2O3. The summed E-state index contributed by atoms with van der Waals surface area (Å²) in [4.78, 5) is 25.0. The topological polar surface area (TPSA) is 69.6 Å². The number of hydrogen-bond donors (Lipinski definition) is 2. The van der Waals surface area contributed by atoms with Crippen molar-refractivity contribution in [1.82, 2.24) is 10.2 Å². The zero-order valence-corrected chi connectivity index (χ0v) is 13.5. The Bertz CT molecular complexity index is 301. The first-order valence-electron chi connectivity index (χ1n) is 7.62. The van der Waals surface area contributed by atoms with E-state index in [0.29, 0.717) is 12.5 Å². The molecule has 1 atom stereocenters. The number of nitrogens with zero attached hydrogens (tertiary/aromatic N) is 1. The van der Waals surface area contributed by atoms with Crippen LogP contribution in [0.15, 0.2) is 0 Å². The normalized spacial score (nSPS) is 12.6. The van der Waals surface area contributed by atoms with Crippen molar-refractivity contribution in [2.45, 2.75) is 47.5 Å². The van der Waals surface area contributed by atoms with Crippen molar-refractivity contribution in [2.75, 3.05) is 19.6 Å². The molecule has 0 aliphatic heterocycles. The van der Waals surface area contributed by atoms with Gasteiger partial charge in [-0.05, 0) is 18.8 Å². The van der Waals surface area contributed by atoms with E-state index in [4.69, 9.17) is 5.11 Å². The zero-order valence-electron chi connectivity index (χ0n) is 13.5. The Hall–Kier alpha value is -1.26. The molecule has 5 nitrogen and oxygen atoms in total. The first-order chi connectivity index (χ1) is 9.37. The average molecular weight is 286 g/mol. The second-order valence-corrected chi connectivity index (χ2v) is 5.60. The lowest BCUT2D eigenvalue weighted by Gasteiger charge is -2.26. The van der Waals surface area contributed by atoms with Gasteiger partial charge in [-0.3, -0.25) is 4.79 Å². The molecule has 0 aromatic rings. The maximum atomic E-state index is 12.1. The van der Waals surface area contributed by atoms with Gasteiger partial charge in [-0.25, -0.2) is 4.79 Å². The molecule has 20 heavy (non-hydrogen) atoms. The summed E-state index contributed by atoms with van der Waals surface area (Å²) in [6.45, 7) is 11.5. The van der Waals surface area contributed by atoms with Crippen LogP contribution in [0.25, 0.3) is 0 Å². The Labute approximate surface area is 122 Å². The largest absolute Gasteiger partial charge is 0.481 e. The molecule has 0 bridgehead atoms. The average Bonchev–Trinajstić information content (AvgIpc) is 2.39. The van der Waals surface area contributed by atoms with Gasteiger partial charge < -0.3 is 15.3 Å². The number of rotatable bonds is 9. The van der Waals surface area contributed by atoms with E-state index in [9.17, 15) is 9.59 Å². The van der Waals surface area contributed by atoms with Crippen molar-refractivity contribution < 1.29 is 14.7 Å². The first kappa shape index (κ1) is 18.7. The van der Waals surface area contributed by atoms with Gasteiger partial charge in [0.05, 0.1) is 5.92 Å². The van der Waals surface area contributed by atoms with Gasteiger partial charge in [0.25, 0.3) is 0 Å². The van der Waals surface area contributed by atoms with Gasteiger partial charge in [0.15, 0.2) is 0 Å². The van der Waals surface area contributed by atoms with Crippen molar-refractivity contribution in [3.8, 4) is 0 Å². The highest BCUT2D eigenvalue weighted by atomic mass is 16.4. The SMILES string of the molecule is CCC(CC)CN(CC)C(=O)NCC(C(=O)O)C(C)C. The lowest BCUT2D eigenvalue weighted by Crippen LogP contribution is -2.45. The van der Waals surface area contributed by atoms with Gasteiger partial charge in [-0.2, -0.15) is 0 Å². The van der Waals surface area contributed by atoms with E-state index >= 15 is 0 Å². The van der Waals surface area contributed by atoms with Crippen LogP contribution in [-0.4, -0.2) is 41.6 Å². The molecule has 118 valence electrons. The summed E-state index contributed by atoms with van der Waals surface area (Å²) in [5.41, 5.74) is 0. The van der Waals surface area contributed by atoms with Crippen molar-refractivity contribution in [1.29, 1.82) is 0 Å². The van der Waals surface area contributed by atoms with Crippen LogP contribution in [0.3, 0.4) is 0 Å². The van der Waals surface area contributed by atoms with Crippen molar-refractivity contribution >= 4 is 12.0 Å². The number of hydrogen-bond acceptors (Lipinski definition) is 2. The second kappa shape index (κ2) is 9.61. The number of amides is 2. The van der Waals surface area contributed by atoms with Gasteiger partial charge in [-0.1, -0.05) is 40.5 Å². The van der Waals surface area contributed by atoms with Gasteiger partial charge >= 0.3 is 12.0 Å². The van der Waals surface area contributed by atoms with E-state index in [0.717, 1.165) is 19.4 Å². The summed E-state index contributed by atoms with van der Waals surface area (Å²) in [5.74, 6) is -0.892. The number of aliphatic carboxylic acids is 1. The second-order valence-electron chi connectivity index (χ2n) is 5.60. The Morgan fingerprint density at radius 1 is 1.15 bits per heavy atom. The standard InChI is InChI=1S/C15H30N2O3/c1-6-12(7-2)10-17(8-3)15(20)16-9-13(11(4)5)14(18)19/h11-13H,6-10H2,1-5H3,(H,16,20)(H,18,19). The fourth-order valence-electron chi connectivity index (χ4n) is 2.13. The van der Waals surface area contributed by atoms with Crippen LogP contribution in [0.5, 0.6) is 0 Å². The molecule has 5 heteroatoms. The molecule has 0 aliphatic carbocycles. The van der Waals surface area contributed by atoms with Gasteiger partial charge in [-0.15, -0.1) is 0 Å². The lowest BCUT2D eigenvalue weighted by molar-refractivity contribution is -0.142. The van der Waals surface area contributed by atoms with Crippen LogP contribution in [0, 0.1) is 17.8 Å². The molecule has 2 amide bonds. The molecule has 0 aromatic heterocycles. The monoisotopic (exact) mass is 286 g/mol. The molecule has 0 saturated carbocycles. The van der Waals surface area contributed by atoms with Gasteiger partial charge in [0, 0.05) is 19.6 Å².